The number of aromatic nitrogens is 3. The minimum atomic E-state index is -4.98. The second-order valence-electron chi connectivity index (χ2n) is 8.76. The molecular formula is C26H21ClF3N4O3S-. The summed E-state index contributed by atoms with van der Waals surface area (Å²) < 4.78 is 47.4. The summed E-state index contributed by atoms with van der Waals surface area (Å²) in [5.41, 5.74) is -0.177. The Morgan fingerprint density at radius 2 is 2.00 bits per heavy atom. The van der Waals surface area contributed by atoms with E-state index in [1.54, 1.807) is 6.07 Å². The van der Waals surface area contributed by atoms with Gasteiger partial charge in [0.15, 0.2) is 11.5 Å². The Kier molecular flexibility index (Phi) is 7.42. The Labute approximate surface area is 224 Å². The highest BCUT2D eigenvalue weighted by Crippen LogP contribution is 2.36. The summed E-state index contributed by atoms with van der Waals surface area (Å²) in [4.78, 5) is 16.2. The Morgan fingerprint density at radius 3 is 2.71 bits per heavy atom. The number of carboxylic acids is 1. The summed E-state index contributed by atoms with van der Waals surface area (Å²) in [6.07, 6.45) is -2.26. The smallest absolute Gasteiger partial charge is 0.434 e. The molecular weight excluding hydrogens is 541 g/mol. The highest BCUT2D eigenvalue weighted by atomic mass is 35.5. The van der Waals surface area contributed by atoms with Crippen molar-refractivity contribution in [2.75, 3.05) is 13.1 Å². The molecule has 0 atom stereocenters. The number of benzene rings is 1. The van der Waals surface area contributed by atoms with Gasteiger partial charge in [0.2, 0.25) is 0 Å². The number of carbonyl (C=O) groups is 1. The fourth-order valence-corrected chi connectivity index (χ4v) is 5.61. The standard InChI is InChI=1S/C26H22ClF3N4O3S/c27-19-12-16(15-6-9-31-10-7-15)4-5-21(19)37-14-17-8-11-38-23(17)20-2-1-3-22(33-20)34-24(26(28,29)30)18(13-32-34)25(35)36/h1-5,8,11-13,15,31H,6-7,9-10,14H2,(H,35,36)/p-1. The van der Waals surface area contributed by atoms with Crippen LogP contribution in [-0.4, -0.2) is 33.8 Å². The Hall–Kier alpha value is -3.41. The first-order valence-electron chi connectivity index (χ1n) is 11.8. The molecule has 0 radical (unpaired) electrons. The van der Waals surface area contributed by atoms with Gasteiger partial charge >= 0.3 is 6.18 Å². The Morgan fingerprint density at radius 1 is 1.21 bits per heavy atom. The van der Waals surface area contributed by atoms with E-state index in [1.807, 2.05) is 29.6 Å². The fraction of sp³-hybridized carbons (Fsp3) is 0.269. The molecule has 5 rings (SSSR count). The Bertz CT molecular complexity index is 1460. The third kappa shape index (κ3) is 5.40. The minimum absolute atomic E-state index is 0.168. The molecule has 0 bridgehead atoms. The third-order valence-corrected chi connectivity index (χ3v) is 7.61. The molecule has 1 aliphatic heterocycles. The van der Waals surface area contributed by atoms with E-state index in [1.165, 1.54) is 29.0 Å². The number of nitrogens with one attached hydrogen (secondary N) is 1. The molecule has 7 nitrogen and oxygen atoms in total. The SMILES string of the molecule is O=C([O-])c1cnn(-c2cccc(-c3sccc3COc3ccc(C4CCNCC4)cc3Cl)n2)c1C(F)(F)F. The van der Waals surface area contributed by atoms with Crippen LogP contribution in [0.5, 0.6) is 5.75 Å². The molecule has 4 aromatic rings. The topological polar surface area (TPSA) is 92.1 Å². The number of carbonyl (C=O) groups excluding carboxylic acids is 1. The molecule has 1 aromatic carbocycles. The molecule has 0 saturated carbocycles. The van der Waals surface area contributed by atoms with E-state index in [0.29, 0.717) is 38.1 Å². The van der Waals surface area contributed by atoms with Crippen LogP contribution < -0.4 is 15.2 Å². The highest BCUT2D eigenvalue weighted by molar-refractivity contribution is 7.13. The van der Waals surface area contributed by atoms with Crippen LogP contribution in [0.4, 0.5) is 13.2 Å². The van der Waals surface area contributed by atoms with Gasteiger partial charge in [-0.05, 0) is 73.1 Å². The van der Waals surface area contributed by atoms with Crippen molar-refractivity contribution in [3.8, 4) is 22.1 Å². The first-order chi connectivity index (χ1) is 18.2. The molecule has 1 N–H and O–H groups in total. The van der Waals surface area contributed by atoms with Gasteiger partial charge in [0.05, 0.1) is 27.8 Å². The number of nitrogens with zero attached hydrogens (tertiary/aromatic N) is 3. The lowest BCUT2D eigenvalue weighted by molar-refractivity contribution is -0.255. The molecule has 0 unspecified atom stereocenters. The predicted octanol–water partition coefficient (Wildman–Crippen LogP) is 5.08. The van der Waals surface area contributed by atoms with E-state index in [0.717, 1.165) is 31.5 Å². The van der Waals surface area contributed by atoms with Crippen LogP contribution in [0.2, 0.25) is 5.02 Å². The number of hydrogen-bond acceptors (Lipinski definition) is 7. The van der Waals surface area contributed by atoms with Gasteiger partial charge in [0.1, 0.15) is 12.4 Å². The lowest BCUT2D eigenvalue weighted by Crippen LogP contribution is -2.26. The molecule has 12 heteroatoms. The van der Waals surface area contributed by atoms with Gasteiger partial charge in [0.25, 0.3) is 0 Å². The van der Waals surface area contributed by atoms with Crippen LogP contribution in [0.1, 0.15) is 45.9 Å². The number of ether oxygens (including phenoxy) is 1. The van der Waals surface area contributed by atoms with Crippen molar-refractivity contribution in [3.63, 3.8) is 0 Å². The number of aromatic carboxylic acids is 1. The maximum Gasteiger partial charge on any atom is 0.434 e. The van der Waals surface area contributed by atoms with Crippen LogP contribution >= 0.6 is 22.9 Å². The number of pyridine rings is 1. The number of halogens is 4. The number of carboxylic acid groups (broad SMARTS) is 1. The molecule has 1 aliphatic rings. The summed E-state index contributed by atoms with van der Waals surface area (Å²) >= 11 is 7.86. The summed E-state index contributed by atoms with van der Waals surface area (Å²) in [5, 5.41) is 20.5. The molecule has 0 amide bonds. The highest BCUT2D eigenvalue weighted by Gasteiger charge is 2.39. The number of alkyl halides is 3. The number of piperidine rings is 1. The van der Waals surface area contributed by atoms with Gasteiger partial charge < -0.3 is 20.0 Å². The van der Waals surface area contributed by atoms with Crippen LogP contribution in [-0.2, 0) is 12.8 Å². The monoisotopic (exact) mass is 561 g/mol. The Balaban J connectivity index is 1.38. The van der Waals surface area contributed by atoms with E-state index >= 15 is 0 Å². The minimum Gasteiger partial charge on any atom is -0.545 e. The number of thiophene rings is 1. The molecule has 1 fully saturated rings. The van der Waals surface area contributed by atoms with E-state index in [9.17, 15) is 23.1 Å². The molecule has 0 aliphatic carbocycles. The predicted molar refractivity (Wildman–Crippen MR) is 135 cm³/mol. The van der Waals surface area contributed by atoms with E-state index in [2.05, 4.69) is 15.4 Å². The maximum absolute atomic E-state index is 13.6. The lowest BCUT2D eigenvalue weighted by atomic mass is 9.90. The van der Waals surface area contributed by atoms with Crippen molar-refractivity contribution in [1.82, 2.24) is 20.1 Å². The van der Waals surface area contributed by atoms with Crippen molar-refractivity contribution >= 4 is 28.9 Å². The van der Waals surface area contributed by atoms with Crippen molar-refractivity contribution in [2.45, 2.75) is 31.5 Å². The lowest BCUT2D eigenvalue weighted by Gasteiger charge is -2.23. The average Bonchev–Trinajstić information content (AvgIpc) is 3.56. The quantitative estimate of drug-likeness (QED) is 0.338. The summed E-state index contributed by atoms with van der Waals surface area (Å²) in [6.45, 7) is 2.13. The fourth-order valence-electron chi connectivity index (χ4n) is 4.48. The van der Waals surface area contributed by atoms with Crippen LogP contribution in [0, 0.1) is 0 Å². The van der Waals surface area contributed by atoms with Crippen molar-refractivity contribution in [1.29, 1.82) is 0 Å². The second kappa shape index (κ2) is 10.8. The van der Waals surface area contributed by atoms with Crippen molar-refractivity contribution in [3.05, 3.63) is 81.4 Å². The van der Waals surface area contributed by atoms with Crippen LogP contribution in [0.15, 0.2) is 54.0 Å². The first-order valence-corrected chi connectivity index (χ1v) is 13.0. The summed E-state index contributed by atoms with van der Waals surface area (Å²) in [5.74, 6) is -1.16. The molecule has 38 heavy (non-hydrogen) atoms. The molecule has 198 valence electrons. The van der Waals surface area contributed by atoms with Gasteiger partial charge in [-0.1, -0.05) is 23.7 Å². The number of hydrogen-bond donors (Lipinski definition) is 1. The van der Waals surface area contributed by atoms with Gasteiger partial charge in [-0.3, -0.25) is 0 Å². The summed E-state index contributed by atoms with van der Waals surface area (Å²) in [7, 11) is 0. The molecule has 0 spiro atoms. The molecule has 3 aromatic heterocycles. The van der Waals surface area contributed by atoms with E-state index in [4.69, 9.17) is 16.3 Å². The third-order valence-electron chi connectivity index (χ3n) is 6.34. The number of rotatable bonds is 7. The van der Waals surface area contributed by atoms with Crippen molar-refractivity contribution in [2.24, 2.45) is 0 Å². The average molecular weight is 562 g/mol. The molecule has 4 heterocycles. The van der Waals surface area contributed by atoms with E-state index in [-0.39, 0.29) is 12.4 Å². The van der Waals surface area contributed by atoms with Crippen molar-refractivity contribution < 1.29 is 27.8 Å². The zero-order chi connectivity index (χ0) is 26.9. The van der Waals surface area contributed by atoms with E-state index < -0.39 is 23.4 Å². The summed E-state index contributed by atoms with van der Waals surface area (Å²) in [6, 6.07) is 12.2. The van der Waals surface area contributed by atoms with Gasteiger partial charge in [-0.25, -0.2) is 9.67 Å². The maximum atomic E-state index is 13.6. The van der Waals surface area contributed by atoms with Gasteiger partial charge in [0, 0.05) is 11.1 Å². The largest absolute Gasteiger partial charge is 0.545 e. The van der Waals surface area contributed by atoms with Gasteiger partial charge in [-0.15, -0.1) is 11.3 Å². The van der Waals surface area contributed by atoms with Gasteiger partial charge in [-0.2, -0.15) is 18.3 Å². The molecule has 1 saturated heterocycles. The zero-order valence-corrected chi connectivity index (χ0v) is 21.4. The van der Waals surface area contributed by atoms with Crippen LogP contribution in [0.25, 0.3) is 16.4 Å². The normalized spacial score (nSPS) is 14.5. The van der Waals surface area contributed by atoms with Crippen LogP contribution in [0.3, 0.4) is 0 Å². The zero-order valence-electron chi connectivity index (χ0n) is 19.8. The second-order valence-corrected chi connectivity index (χ2v) is 10.1. The first kappa shape index (κ1) is 26.2.